The molecule has 1 aromatic rings. The van der Waals surface area contributed by atoms with Crippen molar-refractivity contribution in [1.29, 1.82) is 0 Å². The first-order valence-corrected chi connectivity index (χ1v) is 4.69. The van der Waals surface area contributed by atoms with Crippen molar-refractivity contribution in [2.45, 2.75) is 19.9 Å². The first-order valence-electron chi connectivity index (χ1n) is 4.69. The van der Waals surface area contributed by atoms with E-state index in [2.05, 4.69) is 18.9 Å². The quantitative estimate of drug-likeness (QED) is 0.766. The summed E-state index contributed by atoms with van der Waals surface area (Å²) in [6.07, 6.45) is 1.18. The van der Waals surface area contributed by atoms with E-state index in [1.807, 2.05) is 12.1 Å². The zero-order valence-electron chi connectivity index (χ0n) is 8.33. The average molecular weight is 179 g/mol. The average Bonchev–Trinajstić information content (AvgIpc) is 2.09. The molecule has 0 spiro atoms. The molecule has 13 heavy (non-hydrogen) atoms. The normalized spacial score (nSPS) is 10.7. The third-order valence-electron chi connectivity index (χ3n) is 1.99. The fourth-order valence-electron chi connectivity index (χ4n) is 1.37. The van der Waals surface area contributed by atoms with Crippen molar-refractivity contribution >= 4 is 0 Å². The maximum Gasteiger partial charge on any atom is 0.115 e. The summed E-state index contributed by atoms with van der Waals surface area (Å²) in [6, 6.07) is 7.38. The van der Waals surface area contributed by atoms with E-state index in [4.69, 9.17) is 5.11 Å². The number of nitrogens with zero attached hydrogens (tertiary/aromatic N) is 1. The molecule has 0 aliphatic carbocycles. The molecule has 0 saturated carbocycles. The molecule has 0 saturated heterocycles. The van der Waals surface area contributed by atoms with Crippen molar-refractivity contribution in [1.82, 2.24) is 4.90 Å². The van der Waals surface area contributed by atoms with Crippen LogP contribution in [0.15, 0.2) is 24.3 Å². The van der Waals surface area contributed by atoms with Crippen LogP contribution in [0, 0.1) is 0 Å². The van der Waals surface area contributed by atoms with Gasteiger partial charge in [0.15, 0.2) is 0 Å². The number of phenols is 1. The molecule has 0 unspecified atom stereocenters. The third-order valence-corrected chi connectivity index (χ3v) is 1.99. The predicted molar refractivity (Wildman–Crippen MR) is 54.7 cm³/mol. The number of rotatable bonds is 4. The summed E-state index contributed by atoms with van der Waals surface area (Å²) in [7, 11) is 2.11. The molecule has 0 atom stereocenters. The van der Waals surface area contributed by atoms with Crippen LogP contribution < -0.4 is 0 Å². The molecule has 0 aliphatic rings. The Labute approximate surface area is 79.8 Å². The molecule has 0 heterocycles. The van der Waals surface area contributed by atoms with Gasteiger partial charge in [-0.15, -0.1) is 0 Å². The van der Waals surface area contributed by atoms with Gasteiger partial charge in [-0.2, -0.15) is 0 Å². The van der Waals surface area contributed by atoms with Gasteiger partial charge >= 0.3 is 0 Å². The predicted octanol–water partition coefficient (Wildman–Crippen LogP) is 2.23. The van der Waals surface area contributed by atoms with Gasteiger partial charge in [0.25, 0.3) is 0 Å². The first-order chi connectivity index (χ1) is 6.22. The summed E-state index contributed by atoms with van der Waals surface area (Å²) in [6.45, 7) is 4.24. The van der Waals surface area contributed by atoms with Crippen LogP contribution in [0.2, 0.25) is 0 Å². The van der Waals surface area contributed by atoms with Crippen LogP contribution >= 0.6 is 0 Å². The molecule has 0 aliphatic heterocycles. The lowest BCUT2D eigenvalue weighted by Crippen LogP contribution is -2.18. The van der Waals surface area contributed by atoms with Gasteiger partial charge in [-0.25, -0.2) is 0 Å². The Bertz CT molecular complexity index is 243. The Morgan fingerprint density at radius 2 is 1.85 bits per heavy atom. The highest BCUT2D eigenvalue weighted by atomic mass is 16.3. The number of aromatic hydroxyl groups is 1. The van der Waals surface area contributed by atoms with Gasteiger partial charge in [0.2, 0.25) is 0 Å². The van der Waals surface area contributed by atoms with Crippen molar-refractivity contribution < 1.29 is 5.11 Å². The second-order valence-electron chi connectivity index (χ2n) is 3.40. The van der Waals surface area contributed by atoms with E-state index in [1.165, 1.54) is 12.0 Å². The molecule has 0 radical (unpaired) electrons. The van der Waals surface area contributed by atoms with Gasteiger partial charge in [0.1, 0.15) is 5.75 Å². The fourth-order valence-corrected chi connectivity index (χ4v) is 1.37. The van der Waals surface area contributed by atoms with Gasteiger partial charge in [0, 0.05) is 6.54 Å². The van der Waals surface area contributed by atoms with E-state index < -0.39 is 0 Å². The molecule has 72 valence electrons. The van der Waals surface area contributed by atoms with Crippen molar-refractivity contribution in [3.63, 3.8) is 0 Å². The summed E-state index contributed by atoms with van der Waals surface area (Å²) in [5.74, 6) is 0.335. The van der Waals surface area contributed by atoms with Crippen LogP contribution in [0.4, 0.5) is 0 Å². The minimum Gasteiger partial charge on any atom is -0.508 e. The number of hydrogen-bond acceptors (Lipinski definition) is 2. The van der Waals surface area contributed by atoms with Gasteiger partial charge in [-0.05, 0) is 37.7 Å². The lowest BCUT2D eigenvalue weighted by molar-refractivity contribution is 0.327. The van der Waals surface area contributed by atoms with Crippen molar-refractivity contribution in [3.05, 3.63) is 29.8 Å². The summed E-state index contributed by atoms with van der Waals surface area (Å²) >= 11 is 0. The standard InChI is InChI=1S/C11H17NO/c1-3-8-12(2)9-10-4-6-11(13)7-5-10/h4-7,13H,3,8-9H2,1-2H3. The summed E-state index contributed by atoms with van der Waals surface area (Å²) in [4.78, 5) is 2.27. The zero-order chi connectivity index (χ0) is 9.68. The molecule has 2 nitrogen and oxygen atoms in total. The first kappa shape index (κ1) is 10.1. The zero-order valence-corrected chi connectivity index (χ0v) is 8.33. The monoisotopic (exact) mass is 179 g/mol. The second-order valence-corrected chi connectivity index (χ2v) is 3.40. The second kappa shape index (κ2) is 4.87. The van der Waals surface area contributed by atoms with Crippen LogP contribution in [-0.4, -0.2) is 23.6 Å². The number of phenolic OH excluding ortho intramolecular Hbond substituents is 1. The fraction of sp³-hybridized carbons (Fsp3) is 0.455. The highest BCUT2D eigenvalue weighted by molar-refractivity contribution is 5.25. The topological polar surface area (TPSA) is 23.5 Å². The number of benzene rings is 1. The summed E-state index contributed by atoms with van der Waals surface area (Å²) in [5.41, 5.74) is 1.24. The summed E-state index contributed by atoms with van der Waals surface area (Å²) < 4.78 is 0. The smallest absolute Gasteiger partial charge is 0.115 e. The SMILES string of the molecule is CCCN(C)Cc1ccc(O)cc1. The van der Waals surface area contributed by atoms with Crippen LogP contribution in [0.25, 0.3) is 0 Å². The molecule has 1 N–H and O–H groups in total. The lowest BCUT2D eigenvalue weighted by atomic mass is 10.2. The molecule has 0 aromatic heterocycles. The van der Waals surface area contributed by atoms with Crippen LogP contribution in [-0.2, 0) is 6.54 Å². The van der Waals surface area contributed by atoms with Crippen LogP contribution in [0.1, 0.15) is 18.9 Å². The molecule has 0 fully saturated rings. The largest absolute Gasteiger partial charge is 0.508 e. The van der Waals surface area contributed by atoms with Gasteiger partial charge < -0.3 is 10.0 Å². The molecule has 0 bridgehead atoms. The Balaban J connectivity index is 2.49. The molecular weight excluding hydrogens is 162 g/mol. The summed E-state index contributed by atoms with van der Waals surface area (Å²) in [5, 5.41) is 9.08. The Morgan fingerprint density at radius 3 is 2.38 bits per heavy atom. The van der Waals surface area contributed by atoms with E-state index in [9.17, 15) is 0 Å². The Hall–Kier alpha value is -1.02. The third kappa shape index (κ3) is 3.47. The Morgan fingerprint density at radius 1 is 1.23 bits per heavy atom. The molecule has 0 amide bonds. The van der Waals surface area contributed by atoms with Crippen LogP contribution in [0.5, 0.6) is 5.75 Å². The molecule has 1 rings (SSSR count). The molecular formula is C11H17NO. The number of hydrogen-bond donors (Lipinski definition) is 1. The molecule has 2 heteroatoms. The van der Waals surface area contributed by atoms with Gasteiger partial charge in [-0.3, -0.25) is 0 Å². The minimum atomic E-state index is 0.335. The van der Waals surface area contributed by atoms with Crippen molar-refractivity contribution in [2.75, 3.05) is 13.6 Å². The molecule has 1 aromatic carbocycles. The van der Waals surface area contributed by atoms with Crippen molar-refractivity contribution in [3.8, 4) is 5.75 Å². The minimum absolute atomic E-state index is 0.335. The van der Waals surface area contributed by atoms with E-state index >= 15 is 0 Å². The van der Waals surface area contributed by atoms with Crippen LogP contribution in [0.3, 0.4) is 0 Å². The maximum absolute atomic E-state index is 9.08. The van der Waals surface area contributed by atoms with Gasteiger partial charge in [0.05, 0.1) is 0 Å². The van der Waals surface area contributed by atoms with E-state index in [1.54, 1.807) is 12.1 Å². The van der Waals surface area contributed by atoms with E-state index in [0.29, 0.717) is 5.75 Å². The van der Waals surface area contributed by atoms with E-state index in [-0.39, 0.29) is 0 Å². The maximum atomic E-state index is 9.08. The van der Waals surface area contributed by atoms with Gasteiger partial charge in [-0.1, -0.05) is 19.1 Å². The lowest BCUT2D eigenvalue weighted by Gasteiger charge is -2.15. The highest BCUT2D eigenvalue weighted by Gasteiger charge is 1.98. The Kier molecular flexibility index (Phi) is 3.77. The van der Waals surface area contributed by atoms with Crippen molar-refractivity contribution in [2.24, 2.45) is 0 Å². The highest BCUT2D eigenvalue weighted by Crippen LogP contribution is 2.10. The van der Waals surface area contributed by atoms with E-state index in [0.717, 1.165) is 13.1 Å².